The molecule has 1 aromatic rings. The second-order valence-corrected chi connectivity index (χ2v) is 4.37. The molecule has 0 aliphatic heterocycles. The molecule has 0 atom stereocenters. The molecule has 1 rings (SSSR count). The van der Waals surface area contributed by atoms with E-state index in [-0.39, 0.29) is 6.03 Å². The Morgan fingerprint density at radius 3 is 2.65 bits per heavy atom. The van der Waals surface area contributed by atoms with Crippen molar-refractivity contribution in [2.75, 3.05) is 21.2 Å². The Bertz CT molecular complexity index is 419. The van der Waals surface area contributed by atoms with Crippen LogP contribution in [0.3, 0.4) is 0 Å². The Hall–Kier alpha value is -1.42. The fourth-order valence-corrected chi connectivity index (χ4v) is 1.64. The van der Waals surface area contributed by atoms with Crippen LogP contribution in [0.4, 0.5) is 4.79 Å². The molecule has 0 unspecified atom stereocenters. The number of ether oxygens (including phenoxy) is 1. The number of nitrogens with zero attached hydrogens (tertiary/aromatic N) is 1. The lowest BCUT2D eigenvalue weighted by atomic mass is 10.1. The topological polar surface area (TPSA) is 41.6 Å². The van der Waals surface area contributed by atoms with E-state index in [4.69, 9.17) is 16.3 Å². The molecule has 2 amide bonds. The van der Waals surface area contributed by atoms with Crippen LogP contribution in [0.5, 0.6) is 5.75 Å². The standard InChI is InChI=1S/C12H17ClN2O2/c1-8-5-11(17-4)10(13)6-9(8)7-14-12(16)15(2)3/h5-6H,7H2,1-4H3,(H,14,16). The summed E-state index contributed by atoms with van der Waals surface area (Å²) in [5.74, 6) is 0.645. The van der Waals surface area contributed by atoms with Gasteiger partial charge in [-0.1, -0.05) is 11.6 Å². The maximum atomic E-state index is 11.4. The number of halogens is 1. The second-order valence-electron chi connectivity index (χ2n) is 3.97. The summed E-state index contributed by atoms with van der Waals surface area (Å²) in [6.07, 6.45) is 0. The number of urea groups is 1. The van der Waals surface area contributed by atoms with Crippen molar-refractivity contribution < 1.29 is 9.53 Å². The Morgan fingerprint density at radius 1 is 1.47 bits per heavy atom. The van der Waals surface area contributed by atoms with Crippen LogP contribution in [-0.4, -0.2) is 32.1 Å². The highest BCUT2D eigenvalue weighted by atomic mass is 35.5. The summed E-state index contributed by atoms with van der Waals surface area (Å²) in [4.78, 5) is 12.9. The van der Waals surface area contributed by atoms with Gasteiger partial charge in [0.25, 0.3) is 0 Å². The van der Waals surface area contributed by atoms with Gasteiger partial charge in [0.15, 0.2) is 0 Å². The molecule has 0 aliphatic rings. The quantitative estimate of drug-likeness (QED) is 0.903. The average Bonchev–Trinajstić information content (AvgIpc) is 2.29. The van der Waals surface area contributed by atoms with E-state index in [0.717, 1.165) is 11.1 Å². The number of rotatable bonds is 3. The highest BCUT2D eigenvalue weighted by Crippen LogP contribution is 2.27. The normalized spacial score (nSPS) is 9.94. The van der Waals surface area contributed by atoms with Gasteiger partial charge >= 0.3 is 6.03 Å². The molecule has 5 heteroatoms. The molecular formula is C12H17ClN2O2. The third kappa shape index (κ3) is 3.53. The molecule has 0 heterocycles. The zero-order valence-electron chi connectivity index (χ0n) is 10.5. The van der Waals surface area contributed by atoms with Crippen LogP contribution < -0.4 is 10.1 Å². The van der Waals surface area contributed by atoms with Crippen molar-refractivity contribution in [2.45, 2.75) is 13.5 Å². The second kappa shape index (κ2) is 5.77. The number of hydrogen-bond donors (Lipinski definition) is 1. The van der Waals surface area contributed by atoms with Crippen molar-refractivity contribution in [1.82, 2.24) is 10.2 Å². The molecule has 0 saturated heterocycles. The van der Waals surface area contributed by atoms with Gasteiger partial charge in [-0.2, -0.15) is 0 Å². The SMILES string of the molecule is COc1cc(C)c(CNC(=O)N(C)C)cc1Cl. The zero-order valence-corrected chi connectivity index (χ0v) is 11.3. The summed E-state index contributed by atoms with van der Waals surface area (Å²) in [6.45, 7) is 2.41. The first-order valence-corrected chi connectivity index (χ1v) is 5.61. The molecular weight excluding hydrogens is 240 g/mol. The largest absolute Gasteiger partial charge is 0.495 e. The van der Waals surface area contributed by atoms with Crippen LogP contribution in [0.25, 0.3) is 0 Å². The molecule has 1 aromatic carbocycles. The number of carbonyl (C=O) groups is 1. The van der Waals surface area contributed by atoms with Crippen LogP contribution in [0.1, 0.15) is 11.1 Å². The number of nitrogens with one attached hydrogen (secondary N) is 1. The molecule has 0 bridgehead atoms. The number of amides is 2. The first-order valence-electron chi connectivity index (χ1n) is 5.24. The van der Waals surface area contributed by atoms with Gasteiger partial charge in [0.2, 0.25) is 0 Å². The van der Waals surface area contributed by atoms with E-state index in [1.165, 1.54) is 4.90 Å². The fourth-order valence-electron chi connectivity index (χ4n) is 1.37. The van der Waals surface area contributed by atoms with E-state index in [0.29, 0.717) is 17.3 Å². The van der Waals surface area contributed by atoms with Gasteiger partial charge in [-0.25, -0.2) is 4.79 Å². The fraction of sp³-hybridized carbons (Fsp3) is 0.417. The maximum Gasteiger partial charge on any atom is 0.317 e. The predicted octanol–water partition coefficient (Wildman–Crippen LogP) is 2.43. The molecule has 17 heavy (non-hydrogen) atoms. The van der Waals surface area contributed by atoms with E-state index in [1.807, 2.05) is 19.1 Å². The van der Waals surface area contributed by atoms with E-state index in [2.05, 4.69) is 5.32 Å². The number of carbonyl (C=O) groups excluding carboxylic acids is 1. The van der Waals surface area contributed by atoms with Gasteiger partial charge in [-0.15, -0.1) is 0 Å². The minimum Gasteiger partial charge on any atom is -0.495 e. The molecule has 94 valence electrons. The Labute approximate surface area is 107 Å². The molecule has 0 fully saturated rings. The van der Waals surface area contributed by atoms with Crippen molar-refractivity contribution in [3.8, 4) is 5.75 Å². The van der Waals surface area contributed by atoms with E-state index in [9.17, 15) is 4.79 Å². The highest BCUT2D eigenvalue weighted by Gasteiger charge is 2.08. The molecule has 0 aromatic heterocycles. The number of hydrogen-bond acceptors (Lipinski definition) is 2. The van der Waals surface area contributed by atoms with Gasteiger partial charge in [0.05, 0.1) is 12.1 Å². The number of aryl methyl sites for hydroxylation is 1. The van der Waals surface area contributed by atoms with Gasteiger partial charge in [-0.3, -0.25) is 0 Å². The van der Waals surface area contributed by atoms with Crippen LogP contribution in [0.2, 0.25) is 5.02 Å². The van der Waals surface area contributed by atoms with E-state index < -0.39 is 0 Å². The van der Waals surface area contributed by atoms with Crippen molar-refractivity contribution in [3.63, 3.8) is 0 Å². The third-order valence-electron chi connectivity index (χ3n) is 2.45. The van der Waals surface area contributed by atoms with Crippen molar-refractivity contribution in [3.05, 3.63) is 28.3 Å². The minimum absolute atomic E-state index is 0.128. The van der Waals surface area contributed by atoms with E-state index >= 15 is 0 Å². The summed E-state index contributed by atoms with van der Waals surface area (Å²) in [7, 11) is 4.97. The summed E-state index contributed by atoms with van der Waals surface area (Å²) < 4.78 is 5.12. The lowest BCUT2D eigenvalue weighted by molar-refractivity contribution is 0.217. The Balaban J connectivity index is 2.79. The first kappa shape index (κ1) is 13.6. The molecule has 0 radical (unpaired) electrons. The zero-order chi connectivity index (χ0) is 13.0. The van der Waals surface area contributed by atoms with Gasteiger partial charge < -0.3 is 15.0 Å². The molecule has 0 saturated carbocycles. The monoisotopic (exact) mass is 256 g/mol. The van der Waals surface area contributed by atoms with Gasteiger partial charge in [0, 0.05) is 20.6 Å². The molecule has 0 aliphatic carbocycles. The van der Waals surface area contributed by atoms with Gasteiger partial charge in [0.1, 0.15) is 5.75 Å². The number of benzene rings is 1. The summed E-state index contributed by atoms with van der Waals surface area (Å²) in [5.41, 5.74) is 2.01. The smallest absolute Gasteiger partial charge is 0.317 e. The molecule has 0 spiro atoms. The molecule has 1 N–H and O–H groups in total. The minimum atomic E-state index is -0.128. The van der Waals surface area contributed by atoms with Crippen LogP contribution in [0, 0.1) is 6.92 Å². The van der Waals surface area contributed by atoms with Gasteiger partial charge in [-0.05, 0) is 30.2 Å². The highest BCUT2D eigenvalue weighted by molar-refractivity contribution is 6.32. The van der Waals surface area contributed by atoms with Crippen LogP contribution >= 0.6 is 11.6 Å². The molecule has 4 nitrogen and oxygen atoms in total. The summed E-state index contributed by atoms with van der Waals surface area (Å²) >= 11 is 6.03. The Morgan fingerprint density at radius 2 is 2.12 bits per heavy atom. The predicted molar refractivity (Wildman–Crippen MR) is 68.7 cm³/mol. The average molecular weight is 257 g/mol. The van der Waals surface area contributed by atoms with Crippen molar-refractivity contribution in [1.29, 1.82) is 0 Å². The lowest BCUT2D eigenvalue weighted by Crippen LogP contribution is -2.34. The third-order valence-corrected chi connectivity index (χ3v) is 2.74. The van der Waals surface area contributed by atoms with Crippen molar-refractivity contribution >= 4 is 17.6 Å². The van der Waals surface area contributed by atoms with E-state index in [1.54, 1.807) is 21.2 Å². The Kier molecular flexibility index (Phi) is 4.63. The van der Waals surface area contributed by atoms with Crippen LogP contribution in [0.15, 0.2) is 12.1 Å². The van der Waals surface area contributed by atoms with Crippen LogP contribution in [-0.2, 0) is 6.54 Å². The first-order chi connectivity index (χ1) is 7.95. The lowest BCUT2D eigenvalue weighted by Gasteiger charge is -2.14. The number of methoxy groups -OCH3 is 1. The summed E-state index contributed by atoms with van der Waals surface area (Å²) in [6, 6.07) is 3.54. The van der Waals surface area contributed by atoms with Crippen molar-refractivity contribution in [2.24, 2.45) is 0 Å². The maximum absolute atomic E-state index is 11.4. The summed E-state index contributed by atoms with van der Waals surface area (Å²) in [5, 5.41) is 3.34.